The molecule has 8 heteroatoms. The number of anilines is 2. The second-order valence-corrected chi connectivity index (χ2v) is 8.60. The summed E-state index contributed by atoms with van der Waals surface area (Å²) in [6.45, 7) is 5.04. The van der Waals surface area contributed by atoms with Crippen molar-refractivity contribution in [3.05, 3.63) is 42.0 Å². The third-order valence-corrected chi connectivity index (χ3v) is 6.09. The van der Waals surface area contributed by atoms with Crippen molar-refractivity contribution in [3.63, 3.8) is 0 Å². The van der Waals surface area contributed by atoms with Crippen LogP contribution in [0.5, 0.6) is 11.5 Å². The maximum absolute atomic E-state index is 12.8. The van der Waals surface area contributed by atoms with Gasteiger partial charge in [0.15, 0.2) is 0 Å². The van der Waals surface area contributed by atoms with Crippen molar-refractivity contribution >= 4 is 27.3 Å². The van der Waals surface area contributed by atoms with Crippen molar-refractivity contribution < 1.29 is 22.7 Å². The van der Waals surface area contributed by atoms with Crippen LogP contribution < -0.4 is 19.1 Å². The summed E-state index contributed by atoms with van der Waals surface area (Å²) in [6, 6.07) is 9.70. The lowest BCUT2D eigenvalue weighted by Crippen LogP contribution is -2.24. The highest BCUT2D eigenvalue weighted by Crippen LogP contribution is 2.34. The number of nitrogens with zero attached hydrogens (tertiary/aromatic N) is 1. The maximum Gasteiger partial charge on any atom is 0.261 e. The minimum absolute atomic E-state index is 0.0393. The Bertz CT molecular complexity index is 1000. The number of hydrogen-bond acceptors (Lipinski definition) is 5. The lowest BCUT2D eigenvalue weighted by atomic mass is 10.2. The van der Waals surface area contributed by atoms with E-state index in [1.165, 1.54) is 13.2 Å². The van der Waals surface area contributed by atoms with E-state index in [0.29, 0.717) is 42.4 Å². The molecule has 2 aromatic rings. The van der Waals surface area contributed by atoms with Crippen molar-refractivity contribution in [3.8, 4) is 11.5 Å². The van der Waals surface area contributed by atoms with Crippen LogP contribution in [0.15, 0.2) is 41.3 Å². The highest BCUT2D eigenvalue weighted by atomic mass is 32.2. The molecule has 29 heavy (non-hydrogen) atoms. The fourth-order valence-electron chi connectivity index (χ4n) is 3.24. The third-order valence-electron chi connectivity index (χ3n) is 4.71. The van der Waals surface area contributed by atoms with Gasteiger partial charge in [-0.15, -0.1) is 0 Å². The minimum atomic E-state index is -3.78. The molecule has 0 bridgehead atoms. The zero-order chi connectivity index (χ0) is 21.0. The topological polar surface area (TPSA) is 84.9 Å². The molecule has 3 rings (SSSR count). The quantitative estimate of drug-likeness (QED) is 0.706. The number of rotatable bonds is 8. The Kier molecular flexibility index (Phi) is 6.32. The molecule has 0 saturated carbocycles. The minimum Gasteiger partial charge on any atom is -0.494 e. The Morgan fingerprint density at radius 1 is 1.14 bits per heavy atom. The van der Waals surface area contributed by atoms with Gasteiger partial charge in [-0.05, 0) is 55.7 Å². The first-order chi connectivity index (χ1) is 13.9. The van der Waals surface area contributed by atoms with E-state index in [2.05, 4.69) is 4.72 Å². The number of ether oxygens (including phenoxy) is 2. The van der Waals surface area contributed by atoms with Gasteiger partial charge in [-0.1, -0.05) is 6.92 Å². The smallest absolute Gasteiger partial charge is 0.261 e. The van der Waals surface area contributed by atoms with Crippen LogP contribution in [0.1, 0.15) is 31.7 Å². The number of sulfonamides is 1. The number of nitrogens with one attached hydrogen (secondary N) is 1. The van der Waals surface area contributed by atoms with E-state index in [-0.39, 0.29) is 10.8 Å². The Morgan fingerprint density at radius 3 is 2.55 bits per heavy atom. The number of aryl methyl sites for hydroxylation is 1. The average Bonchev–Trinajstić information content (AvgIpc) is 3.12. The monoisotopic (exact) mass is 418 g/mol. The molecule has 1 saturated heterocycles. The van der Waals surface area contributed by atoms with E-state index in [0.717, 1.165) is 18.4 Å². The van der Waals surface area contributed by atoms with Crippen LogP contribution in [-0.4, -0.2) is 34.6 Å². The van der Waals surface area contributed by atoms with Crippen molar-refractivity contribution in [1.29, 1.82) is 0 Å². The molecule has 2 aromatic carbocycles. The molecule has 0 aromatic heterocycles. The van der Waals surface area contributed by atoms with Crippen molar-refractivity contribution in [2.45, 2.75) is 38.0 Å². The molecule has 0 unspecified atom stereocenters. The first kappa shape index (κ1) is 21.0. The van der Waals surface area contributed by atoms with Crippen molar-refractivity contribution in [1.82, 2.24) is 0 Å². The zero-order valence-electron chi connectivity index (χ0n) is 16.9. The van der Waals surface area contributed by atoms with E-state index < -0.39 is 10.0 Å². The van der Waals surface area contributed by atoms with Gasteiger partial charge in [0, 0.05) is 19.0 Å². The van der Waals surface area contributed by atoms with Crippen LogP contribution >= 0.6 is 0 Å². The predicted octanol–water partition coefficient (Wildman–Crippen LogP) is 3.72. The Morgan fingerprint density at radius 2 is 1.93 bits per heavy atom. The second-order valence-electron chi connectivity index (χ2n) is 6.92. The van der Waals surface area contributed by atoms with Gasteiger partial charge in [-0.2, -0.15) is 0 Å². The van der Waals surface area contributed by atoms with Gasteiger partial charge in [-0.25, -0.2) is 8.42 Å². The molecular weight excluding hydrogens is 392 g/mol. The summed E-state index contributed by atoms with van der Waals surface area (Å²) in [5.74, 6) is 1.16. The standard InChI is InChI=1S/C21H26N2O5S/c1-4-12-28-19-10-8-17(13-15(19)2)29(25,26)22-16-7-9-18(20(14-16)27-3)23-11-5-6-21(23)24/h7-10,13-14,22H,4-6,11-12H2,1-3H3. The molecule has 1 aliphatic heterocycles. The Hall–Kier alpha value is -2.74. The number of methoxy groups -OCH3 is 1. The van der Waals surface area contributed by atoms with Crippen LogP contribution in [-0.2, 0) is 14.8 Å². The molecule has 7 nitrogen and oxygen atoms in total. The third kappa shape index (κ3) is 4.64. The number of carbonyl (C=O) groups is 1. The highest BCUT2D eigenvalue weighted by molar-refractivity contribution is 7.92. The summed E-state index contributed by atoms with van der Waals surface area (Å²) in [5, 5.41) is 0. The first-order valence-corrected chi connectivity index (χ1v) is 11.1. The Balaban J connectivity index is 1.83. The number of carbonyl (C=O) groups excluding carboxylic acids is 1. The molecule has 0 radical (unpaired) electrons. The van der Waals surface area contributed by atoms with E-state index in [1.54, 1.807) is 35.2 Å². The summed E-state index contributed by atoms with van der Waals surface area (Å²) in [5.41, 5.74) is 1.76. The Labute approximate surface area is 171 Å². The van der Waals surface area contributed by atoms with E-state index in [1.807, 2.05) is 13.8 Å². The molecule has 1 fully saturated rings. The lowest BCUT2D eigenvalue weighted by Gasteiger charge is -2.20. The van der Waals surface area contributed by atoms with E-state index >= 15 is 0 Å². The van der Waals surface area contributed by atoms with Crippen LogP contribution in [0.3, 0.4) is 0 Å². The van der Waals surface area contributed by atoms with Crippen LogP contribution in [0.25, 0.3) is 0 Å². The summed E-state index contributed by atoms with van der Waals surface area (Å²) in [4.78, 5) is 13.8. The van der Waals surface area contributed by atoms with Gasteiger partial charge in [0.25, 0.3) is 10.0 Å². The highest BCUT2D eigenvalue weighted by Gasteiger charge is 2.25. The lowest BCUT2D eigenvalue weighted by molar-refractivity contribution is -0.117. The van der Waals surface area contributed by atoms with Gasteiger partial charge < -0.3 is 14.4 Å². The van der Waals surface area contributed by atoms with Gasteiger partial charge >= 0.3 is 0 Å². The van der Waals surface area contributed by atoms with Crippen molar-refractivity contribution in [2.24, 2.45) is 0 Å². The van der Waals surface area contributed by atoms with Crippen molar-refractivity contribution in [2.75, 3.05) is 29.9 Å². The van der Waals surface area contributed by atoms with Gasteiger partial charge in [-0.3, -0.25) is 9.52 Å². The first-order valence-electron chi connectivity index (χ1n) is 9.60. The fourth-order valence-corrected chi connectivity index (χ4v) is 4.38. The molecule has 0 spiro atoms. The molecule has 1 N–H and O–H groups in total. The van der Waals surface area contributed by atoms with Gasteiger partial charge in [0.2, 0.25) is 5.91 Å². The molecule has 0 atom stereocenters. The molecule has 1 heterocycles. The number of benzene rings is 2. The second kappa shape index (κ2) is 8.73. The zero-order valence-corrected chi connectivity index (χ0v) is 17.7. The number of amides is 1. The van der Waals surface area contributed by atoms with Crippen LogP contribution in [0.2, 0.25) is 0 Å². The average molecular weight is 419 g/mol. The summed E-state index contributed by atoms with van der Waals surface area (Å²) < 4.78 is 39.2. The van der Waals surface area contributed by atoms with Crippen LogP contribution in [0, 0.1) is 6.92 Å². The van der Waals surface area contributed by atoms with Crippen LogP contribution in [0.4, 0.5) is 11.4 Å². The van der Waals surface area contributed by atoms with Gasteiger partial charge in [0.1, 0.15) is 11.5 Å². The molecule has 1 aliphatic rings. The SMILES string of the molecule is CCCOc1ccc(S(=O)(=O)Nc2ccc(N3CCCC3=O)c(OC)c2)cc1C. The molecule has 156 valence electrons. The number of hydrogen-bond donors (Lipinski definition) is 1. The van der Waals surface area contributed by atoms with E-state index in [4.69, 9.17) is 9.47 Å². The van der Waals surface area contributed by atoms with E-state index in [9.17, 15) is 13.2 Å². The predicted molar refractivity (Wildman–Crippen MR) is 112 cm³/mol. The fraction of sp³-hybridized carbons (Fsp3) is 0.381. The maximum atomic E-state index is 12.8. The van der Waals surface area contributed by atoms with Gasteiger partial charge in [0.05, 0.1) is 30.0 Å². The largest absolute Gasteiger partial charge is 0.494 e. The molecule has 0 aliphatic carbocycles. The normalized spacial score (nSPS) is 14.2. The summed E-state index contributed by atoms with van der Waals surface area (Å²) >= 11 is 0. The summed E-state index contributed by atoms with van der Waals surface area (Å²) in [7, 11) is -2.29. The summed E-state index contributed by atoms with van der Waals surface area (Å²) in [6.07, 6.45) is 2.18. The molecule has 1 amide bonds. The molecular formula is C21H26N2O5S.